The summed E-state index contributed by atoms with van der Waals surface area (Å²) in [6, 6.07) is 10.4. The number of piperidine rings is 1. The molecule has 0 aliphatic carbocycles. The van der Waals surface area contributed by atoms with E-state index in [-0.39, 0.29) is 5.91 Å². The monoisotopic (exact) mass is 346 g/mol. The van der Waals surface area contributed by atoms with Gasteiger partial charge >= 0.3 is 0 Å². The summed E-state index contributed by atoms with van der Waals surface area (Å²) in [6.07, 6.45) is 8.19. The molecule has 1 aliphatic heterocycles. The maximum absolute atomic E-state index is 12.6. The molecule has 1 aromatic carbocycles. The van der Waals surface area contributed by atoms with Crippen LogP contribution in [0.25, 0.3) is 10.9 Å². The fourth-order valence-electron chi connectivity index (χ4n) is 3.65. The minimum atomic E-state index is -0.00897. The molecule has 0 spiro atoms. The van der Waals surface area contributed by atoms with E-state index in [4.69, 9.17) is 0 Å². The van der Waals surface area contributed by atoms with E-state index in [1.54, 1.807) is 12.4 Å². The van der Waals surface area contributed by atoms with E-state index in [1.807, 2.05) is 24.1 Å². The molecule has 0 atom stereocenters. The molecule has 0 bridgehead atoms. The van der Waals surface area contributed by atoms with E-state index in [2.05, 4.69) is 39.2 Å². The van der Waals surface area contributed by atoms with Crippen LogP contribution in [0.3, 0.4) is 0 Å². The first kappa shape index (κ1) is 16.6. The number of amides is 1. The number of fused-ring (bicyclic) bond motifs is 1. The minimum Gasteiger partial charge on any atom is -0.337 e. The Bertz CT molecular complexity index is 909. The molecule has 4 rings (SSSR count). The topological polar surface area (TPSA) is 59.0 Å². The molecule has 1 aliphatic rings. The molecule has 0 unspecified atom stereocenters. The zero-order chi connectivity index (χ0) is 17.9. The molecular formula is C21H22N4O. The Hall–Kier alpha value is -2.82. The van der Waals surface area contributed by atoms with Gasteiger partial charge in [-0.05, 0) is 49.8 Å². The summed E-state index contributed by atoms with van der Waals surface area (Å²) in [5, 5.41) is 1.24. The normalized spacial score (nSPS) is 15.3. The molecule has 0 saturated carbocycles. The summed E-state index contributed by atoms with van der Waals surface area (Å²) in [6.45, 7) is 3.43. The molecule has 1 fully saturated rings. The second kappa shape index (κ2) is 7.20. The molecule has 2 aromatic heterocycles. The Labute approximate surface area is 153 Å². The standard InChI is InChI=1S/C21H22N4O/c1-15-13-24-20(14-23-15)21(26)25-10-7-16(8-11-25)12-17-6-9-22-19-5-3-2-4-18(17)19/h2-6,9,13-14,16H,7-8,10-12H2,1H3. The number of hydrogen-bond donors (Lipinski definition) is 0. The molecule has 3 heterocycles. The van der Waals surface area contributed by atoms with Gasteiger partial charge in [0.15, 0.2) is 0 Å². The zero-order valence-electron chi connectivity index (χ0n) is 14.9. The van der Waals surface area contributed by atoms with Crippen LogP contribution < -0.4 is 0 Å². The predicted molar refractivity (Wildman–Crippen MR) is 101 cm³/mol. The van der Waals surface area contributed by atoms with Crippen LogP contribution in [-0.2, 0) is 6.42 Å². The molecule has 0 N–H and O–H groups in total. The van der Waals surface area contributed by atoms with Gasteiger partial charge in [0.05, 0.1) is 17.4 Å². The number of likely N-dealkylation sites (tertiary alicyclic amines) is 1. The largest absolute Gasteiger partial charge is 0.337 e. The van der Waals surface area contributed by atoms with Crippen molar-refractivity contribution in [1.29, 1.82) is 0 Å². The van der Waals surface area contributed by atoms with Gasteiger partial charge in [0.2, 0.25) is 0 Å². The Morgan fingerprint density at radius 3 is 2.65 bits per heavy atom. The van der Waals surface area contributed by atoms with E-state index >= 15 is 0 Å². The third kappa shape index (κ3) is 3.43. The van der Waals surface area contributed by atoms with E-state index in [1.165, 1.54) is 10.9 Å². The molecule has 1 saturated heterocycles. The second-order valence-electron chi connectivity index (χ2n) is 6.97. The van der Waals surface area contributed by atoms with Crippen LogP contribution in [0.4, 0.5) is 0 Å². The number of para-hydroxylation sites is 1. The van der Waals surface area contributed by atoms with Gasteiger partial charge in [-0.1, -0.05) is 18.2 Å². The van der Waals surface area contributed by atoms with Crippen LogP contribution in [0.5, 0.6) is 0 Å². The van der Waals surface area contributed by atoms with Gasteiger partial charge in [-0.15, -0.1) is 0 Å². The fourth-order valence-corrected chi connectivity index (χ4v) is 3.65. The molecule has 26 heavy (non-hydrogen) atoms. The number of pyridine rings is 1. The van der Waals surface area contributed by atoms with Gasteiger partial charge in [0.1, 0.15) is 5.69 Å². The van der Waals surface area contributed by atoms with Gasteiger partial charge < -0.3 is 4.90 Å². The van der Waals surface area contributed by atoms with E-state index in [0.717, 1.165) is 43.6 Å². The van der Waals surface area contributed by atoms with Crippen LogP contribution in [0.2, 0.25) is 0 Å². The number of nitrogens with zero attached hydrogens (tertiary/aromatic N) is 4. The summed E-state index contributed by atoms with van der Waals surface area (Å²) in [5.74, 6) is 0.583. The van der Waals surface area contributed by atoms with Crippen molar-refractivity contribution in [2.75, 3.05) is 13.1 Å². The van der Waals surface area contributed by atoms with Crippen molar-refractivity contribution in [3.63, 3.8) is 0 Å². The first-order valence-electron chi connectivity index (χ1n) is 9.11. The molecule has 1 amide bonds. The average Bonchev–Trinajstić information content (AvgIpc) is 2.69. The molecular weight excluding hydrogens is 324 g/mol. The van der Waals surface area contributed by atoms with Crippen molar-refractivity contribution in [1.82, 2.24) is 19.9 Å². The maximum atomic E-state index is 12.6. The van der Waals surface area contributed by atoms with Gasteiger partial charge in [-0.2, -0.15) is 0 Å². The highest BCUT2D eigenvalue weighted by molar-refractivity contribution is 5.92. The molecule has 5 nitrogen and oxygen atoms in total. The molecule has 0 radical (unpaired) electrons. The van der Waals surface area contributed by atoms with Crippen LogP contribution in [0, 0.1) is 12.8 Å². The third-order valence-electron chi connectivity index (χ3n) is 5.15. The SMILES string of the molecule is Cc1cnc(C(=O)N2CCC(Cc3ccnc4ccccc34)CC2)cn1. The lowest BCUT2D eigenvalue weighted by Gasteiger charge is -2.32. The highest BCUT2D eigenvalue weighted by Crippen LogP contribution is 2.26. The van der Waals surface area contributed by atoms with Gasteiger partial charge in [-0.3, -0.25) is 14.8 Å². The Morgan fingerprint density at radius 1 is 1.08 bits per heavy atom. The highest BCUT2D eigenvalue weighted by atomic mass is 16.2. The van der Waals surface area contributed by atoms with Crippen LogP contribution in [0.15, 0.2) is 48.9 Å². The van der Waals surface area contributed by atoms with Crippen LogP contribution in [-0.4, -0.2) is 38.8 Å². The number of benzene rings is 1. The van der Waals surface area contributed by atoms with E-state index in [9.17, 15) is 4.79 Å². The van der Waals surface area contributed by atoms with Gasteiger partial charge in [0.25, 0.3) is 5.91 Å². The van der Waals surface area contributed by atoms with Crippen LogP contribution >= 0.6 is 0 Å². The Kier molecular flexibility index (Phi) is 4.61. The number of aryl methyl sites for hydroxylation is 1. The highest BCUT2D eigenvalue weighted by Gasteiger charge is 2.25. The smallest absolute Gasteiger partial charge is 0.274 e. The average molecular weight is 346 g/mol. The van der Waals surface area contributed by atoms with Gasteiger partial charge in [0, 0.05) is 30.9 Å². The maximum Gasteiger partial charge on any atom is 0.274 e. The fraction of sp³-hybridized carbons (Fsp3) is 0.333. The first-order chi connectivity index (χ1) is 12.7. The van der Waals surface area contributed by atoms with Crippen molar-refractivity contribution < 1.29 is 4.79 Å². The number of aromatic nitrogens is 3. The van der Waals surface area contributed by atoms with Crippen LogP contribution in [0.1, 0.15) is 34.6 Å². The van der Waals surface area contributed by atoms with Crippen molar-refractivity contribution in [2.24, 2.45) is 5.92 Å². The quantitative estimate of drug-likeness (QED) is 0.729. The first-order valence-corrected chi connectivity index (χ1v) is 9.11. The summed E-state index contributed by atoms with van der Waals surface area (Å²) >= 11 is 0. The number of carbonyl (C=O) groups is 1. The van der Waals surface area contributed by atoms with Gasteiger partial charge in [-0.25, -0.2) is 4.98 Å². The lowest BCUT2D eigenvalue weighted by molar-refractivity contribution is 0.0684. The summed E-state index contributed by atoms with van der Waals surface area (Å²) in [4.78, 5) is 27.3. The zero-order valence-corrected chi connectivity index (χ0v) is 14.9. The summed E-state index contributed by atoms with van der Waals surface area (Å²) in [7, 11) is 0. The molecule has 132 valence electrons. The lowest BCUT2D eigenvalue weighted by atomic mass is 9.89. The predicted octanol–water partition coefficient (Wildman–Crippen LogP) is 3.43. The molecule has 3 aromatic rings. The Morgan fingerprint density at radius 2 is 1.88 bits per heavy atom. The number of rotatable bonds is 3. The van der Waals surface area contributed by atoms with E-state index in [0.29, 0.717) is 11.6 Å². The summed E-state index contributed by atoms with van der Waals surface area (Å²) in [5.41, 5.74) is 3.67. The minimum absolute atomic E-state index is 0.00897. The van der Waals surface area contributed by atoms with Crippen molar-refractivity contribution in [3.05, 3.63) is 65.9 Å². The summed E-state index contributed by atoms with van der Waals surface area (Å²) < 4.78 is 0. The van der Waals surface area contributed by atoms with Crippen molar-refractivity contribution in [3.8, 4) is 0 Å². The Balaban J connectivity index is 1.40. The van der Waals surface area contributed by atoms with E-state index < -0.39 is 0 Å². The van der Waals surface area contributed by atoms with Crippen molar-refractivity contribution >= 4 is 16.8 Å². The number of carbonyl (C=O) groups excluding carboxylic acids is 1. The lowest BCUT2D eigenvalue weighted by Crippen LogP contribution is -2.39. The molecule has 5 heteroatoms. The van der Waals surface area contributed by atoms with Crippen molar-refractivity contribution in [2.45, 2.75) is 26.2 Å². The second-order valence-corrected chi connectivity index (χ2v) is 6.97. The third-order valence-corrected chi connectivity index (χ3v) is 5.15. The number of hydrogen-bond acceptors (Lipinski definition) is 4.